The third kappa shape index (κ3) is 3.48. The van der Waals surface area contributed by atoms with Crippen molar-refractivity contribution in [1.29, 1.82) is 0 Å². The molecule has 8 heteroatoms. The number of benzene rings is 3. The van der Waals surface area contributed by atoms with Gasteiger partial charge in [0.15, 0.2) is 11.5 Å². The highest BCUT2D eigenvalue weighted by Gasteiger charge is 2.36. The van der Waals surface area contributed by atoms with E-state index in [1.165, 1.54) is 33.6 Å². The van der Waals surface area contributed by atoms with E-state index in [-0.39, 0.29) is 15.4 Å². The van der Waals surface area contributed by atoms with Crippen molar-refractivity contribution in [3.63, 3.8) is 0 Å². The molecule has 164 valence electrons. The Morgan fingerprint density at radius 2 is 1.41 bits per heavy atom. The van der Waals surface area contributed by atoms with Gasteiger partial charge in [0.2, 0.25) is 21.4 Å². The fourth-order valence-corrected chi connectivity index (χ4v) is 5.13. The lowest BCUT2D eigenvalue weighted by molar-refractivity contribution is 0.104. The van der Waals surface area contributed by atoms with Crippen LogP contribution in [0.25, 0.3) is 0 Å². The third-order valence-corrected chi connectivity index (χ3v) is 6.93. The van der Waals surface area contributed by atoms with Gasteiger partial charge in [-0.25, -0.2) is 8.42 Å². The second-order valence-corrected chi connectivity index (χ2v) is 8.80. The van der Waals surface area contributed by atoms with Gasteiger partial charge in [0.05, 0.1) is 37.6 Å². The molecule has 0 saturated carbocycles. The maximum atomic E-state index is 13.4. The normalized spacial score (nSPS) is 14.2. The van der Waals surface area contributed by atoms with Crippen LogP contribution in [-0.4, -0.2) is 35.5 Å². The molecule has 32 heavy (non-hydrogen) atoms. The number of sulfone groups is 1. The van der Waals surface area contributed by atoms with Crippen LogP contribution in [0.15, 0.2) is 82.7 Å². The van der Waals surface area contributed by atoms with E-state index in [1.807, 2.05) is 0 Å². The molecule has 1 heterocycles. The van der Waals surface area contributed by atoms with Crippen LogP contribution in [0.2, 0.25) is 0 Å². The Kier molecular flexibility index (Phi) is 5.63. The first-order valence-corrected chi connectivity index (χ1v) is 11.2. The maximum absolute atomic E-state index is 13.4. The molecule has 0 aromatic heterocycles. The minimum atomic E-state index is -4.03. The van der Waals surface area contributed by atoms with E-state index < -0.39 is 15.6 Å². The summed E-state index contributed by atoms with van der Waals surface area (Å²) in [6, 6.07) is 18.2. The molecule has 3 aromatic carbocycles. The lowest BCUT2D eigenvalue weighted by atomic mass is 10.1. The largest absolute Gasteiger partial charge is 0.493 e. The van der Waals surface area contributed by atoms with E-state index >= 15 is 0 Å². The zero-order valence-corrected chi connectivity index (χ0v) is 18.5. The number of hydrogen-bond acceptors (Lipinski definition) is 7. The molecular formula is C24H21NO6S. The number of Topliss-reactive ketones (excluding diaryl/α,β-unsaturated/α-hetero) is 1. The summed E-state index contributed by atoms with van der Waals surface area (Å²) in [5.41, 5.74) is 1.23. The molecule has 0 fully saturated rings. The molecule has 0 amide bonds. The standard InChI is InChI=1S/C24H21NO6S/c1-29-19-13-17(14-20(30-2)24(19)31-3)25-15-22(23(26)16-9-5-4-6-10-16)32(27,28)21-12-8-7-11-18(21)25/h4-15H,1-3H3. The van der Waals surface area contributed by atoms with Crippen LogP contribution < -0.4 is 19.1 Å². The Morgan fingerprint density at radius 3 is 2.00 bits per heavy atom. The van der Waals surface area contributed by atoms with Crippen molar-refractivity contribution in [2.24, 2.45) is 0 Å². The molecule has 4 rings (SSSR count). The van der Waals surface area contributed by atoms with Crippen LogP contribution in [0.5, 0.6) is 17.2 Å². The van der Waals surface area contributed by atoms with E-state index in [2.05, 4.69) is 0 Å². The summed E-state index contributed by atoms with van der Waals surface area (Å²) in [5.74, 6) is 0.618. The smallest absolute Gasteiger partial charge is 0.214 e. The molecule has 0 aliphatic carbocycles. The summed E-state index contributed by atoms with van der Waals surface area (Å²) in [5, 5.41) is 0. The van der Waals surface area contributed by atoms with Gasteiger partial charge in [0.25, 0.3) is 0 Å². The number of carbonyl (C=O) groups is 1. The summed E-state index contributed by atoms with van der Waals surface area (Å²) >= 11 is 0. The number of methoxy groups -OCH3 is 3. The summed E-state index contributed by atoms with van der Waals surface area (Å²) < 4.78 is 43.0. The number of carbonyl (C=O) groups excluding carboxylic acids is 1. The number of para-hydroxylation sites is 1. The first-order chi connectivity index (χ1) is 15.4. The second-order valence-electron chi connectivity index (χ2n) is 6.91. The Bertz CT molecular complexity index is 1290. The van der Waals surface area contributed by atoms with Crippen LogP contribution in [0.3, 0.4) is 0 Å². The van der Waals surface area contributed by atoms with Gasteiger partial charge in [-0.1, -0.05) is 42.5 Å². The van der Waals surface area contributed by atoms with Crippen molar-refractivity contribution in [1.82, 2.24) is 0 Å². The molecule has 0 unspecified atom stereocenters. The van der Waals surface area contributed by atoms with Gasteiger partial charge in [0, 0.05) is 23.9 Å². The Hall–Kier alpha value is -3.78. The Morgan fingerprint density at radius 1 is 0.812 bits per heavy atom. The number of anilines is 2. The van der Waals surface area contributed by atoms with Crippen molar-refractivity contribution in [2.75, 3.05) is 26.2 Å². The molecule has 3 aromatic rings. The Balaban J connectivity index is 1.96. The quantitative estimate of drug-likeness (QED) is 0.515. The summed E-state index contributed by atoms with van der Waals surface area (Å²) in [6.07, 6.45) is 1.34. The van der Waals surface area contributed by atoms with E-state index in [9.17, 15) is 13.2 Å². The van der Waals surface area contributed by atoms with Gasteiger partial charge in [-0.2, -0.15) is 0 Å². The number of hydrogen-bond donors (Lipinski definition) is 0. The fraction of sp³-hybridized carbons (Fsp3) is 0.125. The van der Waals surface area contributed by atoms with Gasteiger partial charge >= 0.3 is 0 Å². The first-order valence-electron chi connectivity index (χ1n) is 9.67. The zero-order chi connectivity index (χ0) is 22.9. The molecule has 1 aliphatic rings. The lowest BCUT2D eigenvalue weighted by Crippen LogP contribution is -2.25. The van der Waals surface area contributed by atoms with Crippen LogP contribution in [0.1, 0.15) is 10.4 Å². The highest BCUT2D eigenvalue weighted by atomic mass is 32.2. The minimum Gasteiger partial charge on any atom is -0.493 e. The summed E-state index contributed by atoms with van der Waals surface area (Å²) in [7, 11) is 0.459. The number of ketones is 1. The number of ether oxygens (including phenoxy) is 3. The molecule has 1 aliphatic heterocycles. The molecule has 0 saturated heterocycles. The van der Waals surface area contributed by atoms with Crippen molar-refractivity contribution in [3.05, 3.63) is 83.4 Å². The van der Waals surface area contributed by atoms with E-state index in [1.54, 1.807) is 65.6 Å². The highest BCUT2D eigenvalue weighted by molar-refractivity contribution is 7.96. The topological polar surface area (TPSA) is 82.1 Å². The maximum Gasteiger partial charge on any atom is 0.214 e. The summed E-state index contributed by atoms with van der Waals surface area (Å²) in [4.78, 5) is 14.6. The Labute approximate surface area is 186 Å². The predicted molar refractivity (Wildman–Crippen MR) is 121 cm³/mol. The minimum absolute atomic E-state index is 0.0375. The first kappa shape index (κ1) is 21.5. The number of nitrogens with zero attached hydrogens (tertiary/aromatic N) is 1. The van der Waals surface area contributed by atoms with E-state index in [0.29, 0.717) is 28.6 Å². The average Bonchev–Trinajstić information content (AvgIpc) is 2.83. The zero-order valence-electron chi connectivity index (χ0n) is 17.7. The molecule has 0 bridgehead atoms. The van der Waals surface area contributed by atoms with E-state index in [0.717, 1.165) is 0 Å². The molecule has 0 radical (unpaired) electrons. The third-order valence-electron chi connectivity index (χ3n) is 5.14. The second kappa shape index (κ2) is 8.39. The molecule has 0 atom stereocenters. The fourth-order valence-electron chi connectivity index (χ4n) is 3.59. The van der Waals surface area contributed by atoms with Crippen molar-refractivity contribution >= 4 is 27.0 Å². The van der Waals surface area contributed by atoms with Gasteiger partial charge in [-0.3, -0.25) is 4.79 Å². The van der Waals surface area contributed by atoms with Crippen molar-refractivity contribution in [2.45, 2.75) is 4.90 Å². The van der Waals surface area contributed by atoms with Crippen LogP contribution in [0.4, 0.5) is 11.4 Å². The van der Waals surface area contributed by atoms with E-state index in [4.69, 9.17) is 14.2 Å². The molecule has 0 N–H and O–H groups in total. The lowest BCUT2D eigenvalue weighted by Gasteiger charge is -2.29. The SMILES string of the molecule is COc1cc(N2C=C(C(=O)c3ccccc3)S(=O)(=O)c3ccccc32)cc(OC)c1OC. The summed E-state index contributed by atoms with van der Waals surface area (Å²) in [6.45, 7) is 0. The monoisotopic (exact) mass is 451 g/mol. The van der Waals surface area contributed by atoms with Gasteiger partial charge in [-0.15, -0.1) is 0 Å². The van der Waals surface area contributed by atoms with Crippen LogP contribution in [-0.2, 0) is 9.84 Å². The molecule has 0 spiro atoms. The van der Waals surface area contributed by atoms with Crippen LogP contribution >= 0.6 is 0 Å². The van der Waals surface area contributed by atoms with Crippen molar-refractivity contribution < 1.29 is 27.4 Å². The van der Waals surface area contributed by atoms with Gasteiger partial charge in [-0.05, 0) is 12.1 Å². The van der Waals surface area contributed by atoms with Gasteiger partial charge < -0.3 is 19.1 Å². The average molecular weight is 452 g/mol. The highest BCUT2D eigenvalue weighted by Crippen LogP contribution is 2.46. The molecular weight excluding hydrogens is 430 g/mol. The number of allylic oxidation sites excluding steroid dienone is 1. The number of fused-ring (bicyclic) bond motifs is 1. The predicted octanol–water partition coefficient (Wildman–Crippen LogP) is 4.36. The van der Waals surface area contributed by atoms with Crippen LogP contribution in [0, 0.1) is 0 Å². The molecule has 7 nitrogen and oxygen atoms in total. The van der Waals surface area contributed by atoms with Gasteiger partial charge in [0.1, 0.15) is 4.91 Å². The number of rotatable bonds is 6. The van der Waals surface area contributed by atoms with Crippen molar-refractivity contribution in [3.8, 4) is 17.2 Å².